The molecule has 7 nitrogen and oxygen atoms in total. The lowest BCUT2D eigenvalue weighted by Crippen LogP contribution is -2.51. The molecule has 0 heterocycles. The van der Waals surface area contributed by atoms with E-state index in [2.05, 4.69) is 5.32 Å². The molecule has 174 valence electrons. The van der Waals surface area contributed by atoms with Gasteiger partial charge in [-0.15, -0.1) is 0 Å². The second kappa shape index (κ2) is 11.0. The fourth-order valence-corrected chi connectivity index (χ4v) is 4.28. The van der Waals surface area contributed by atoms with Crippen LogP contribution in [0.2, 0.25) is 10.0 Å². The van der Waals surface area contributed by atoms with Gasteiger partial charge in [0.05, 0.1) is 11.9 Å². The standard InChI is InChI=1S/C21H24Cl2FN3O4S/c1-4-25-21(29)14(2)26(12-15-5-6-16(22)11-19(15)23)20(28)13-27(32(3,30)31)18-9-7-17(24)8-10-18/h5-11,14H,4,12-13H2,1-3H3,(H,25,29)/t14-/m0/s1. The van der Waals surface area contributed by atoms with Crippen molar-refractivity contribution in [2.45, 2.75) is 26.4 Å². The highest BCUT2D eigenvalue weighted by Gasteiger charge is 2.30. The first-order valence-electron chi connectivity index (χ1n) is 9.68. The number of likely N-dealkylation sites (N-methyl/N-ethyl adjacent to an activating group) is 1. The highest BCUT2D eigenvalue weighted by Crippen LogP contribution is 2.24. The molecule has 0 aromatic heterocycles. The first-order chi connectivity index (χ1) is 14.9. The number of carbonyl (C=O) groups excluding carboxylic acids is 2. The zero-order valence-electron chi connectivity index (χ0n) is 17.8. The molecule has 2 rings (SSSR count). The minimum Gasteiger partial charge on any atom is -0.355 e. The minimum atomic E-state index is -3.88. The third kappa shape index (κ3) is 6.82. The minimum absolute atomic E-state index is 0.0475. The number of nitrogens with zero attached hydrogens (tertiary/aromatic N) is 2. The Labute approximate surface area is 197 Å². The van der Waals surface area contributed by atoms with E-state index >= 15 is 0 Å². The van der Waals surface area contributed by atoms with Gasteiger partial charge in [-0.25, -0.2) is 12.8 Å². The normalized spacial score (nSPS) is 12.2. The van der Waals surface area contributed by atoms with Crippen LogP contribution in [0, 0.1) is 5.82 Å². The largest absolute Gasteiger partial charge is 0.355 e. The van der Waals surface area contributed by atoms with Crippen LogP contribution in [-0.4, -0.2) is 50.5 Å². The Morgan fingerprint density at radius 3 is 2.28 bits per heavy atom. The van der Waals surface area contributed by atoms with E-state index in [9.17, 15) is 22.4 Å². The zero-order valence-corrected chi connectivity index (χ0v) is 20.1. The summed E-state index contributed by atoms with van der Waals surface area (Å²) in [5, 5.41) is 3.36. The van der Waals surface area contributed by atoms with Crippen LogP contribution in [0.1, 0.15) is 19.4 Å². The molecule has 0 aliphatic rings. The number of sulfonamides is 1. The number of rotatable bonds is 9. The maximum absolute atomic E-state index is 13.3. The van der Waals surface area contributed by atoms with Crippen molar-refractivity contribution in [1.82, 2.24) is 10.2 Å². The average Bonchev–Trinajstić information content (AvgIpc) is 2.71. The van der Waals surface area contributed by atoms with Gasteiger partial charge in [-0.1, -0.05) is 29.3 Å². The van der Waals surface area contributed by atoms with Crippen molar-refractivity contribution in [2.24, 2.45) is 0 Å². The van der Waals surface area contributed by atoms with E-state index in [0.717, 1.165) is 22.7 Å². The molecule has 2 amide bonds. The quantitative estimate of drug-likeness (QED) is 0.567. The number of hydrogen-bond donors (Lipinski definition) is 1. The van der Waals surface area contributed by atoms with E-state index in [1.165, 1.54) is 30.0 Å². The lowest BCUT2D eigenvalue weighted by Gasteiger charge is -2.31. The van der Waals surface area contributed by atoms with Gasteiger partial charge in [-0.2, -0.15) is 0 Å². The Kier molecular flexibility index (Phi) is 8.89. The second-order valence-electron chi connectivity index (χ2n) is 7.07. The maximum Gasteiger partial charge on any atom is 0.244 e. The van der Waals surface area contributed by atoms with Crippen molar-refractivity contribution in [1.29, 1.82) is 0 Å². The Hall–Kier alpha value is -2.36. The lowest BCUT2D eigenvalue weighted by atomic mass is 10.1. The molecule has 0 saturated heterocycles. The SMILES string of the molecule is CCNC(=O)[C@H](C)N(Cc1ccc(Cl)cc1Cl)C(=O)CN(c1ccc(F)cc1)S(C)(=O)=O. The Bertz CT molecular complexity index is 1080. The molecular weight excluding hydrogens is 480 g/mol. The molecule has 0 saturated carbocycles. The van der Waals surface area contributed by atoms with Crippen molar-refractivity contribution in [2.75, 3.05) is 23.7 Å². The summed E-state index contributed by atoms with van der Waals surface area (Å²) in [7, 11) is -3.88. The van der Waals surface area contributed by atoms with Crippen LogP contribution in [-0.2, 0) is 26.2 Å². The van der Waals surface area contributed by atoms with Crippen LogP contribution in [0.15, 0.2) is 42.5 Å². The van der Waals surface area contributed by atoms with Gasteiger partial charge in [-0.05, 0) is 55.8 Å². The van der Waals surface area contributed by atoms with Crippen molar-refractivity contribution >= 4 is 50.7 Å². The third-order valence-electron chi connectivity index (χ3n) is 4.67. The number of halogens is 3. The van der Waals surface area contributed by atoms with Crippen LogP contribution in [0.3, 0.4) is 0 Å². The lowest BCUT2D eigenvalue weighted by molar-refractivity contribution is -0.139. The van der Waals surface area contributed by atoms with Gasteiger partial charge >= 0.3 is 0 Å². The van der Waals surface area contributed by atoms with Gasteiger partial charge in [0.15, 0.2) is 0 Å². The molecule has 0 bridgehead atoms. The fraction of sp³-hybridized carbons (Fsp3) is 0.333. The summed E-state index contributed by atoms with van der Waals surface area (Å²) in [6.07, 6.45) is 0.942. The van der Waals surface area contributed by atoms with Crippen molar-refractivity contribution < 1.29 is 22.4 Å². The van der Waals surface area contributed by atoms with Gasteiger partial charge in [0, 0.05) is 23.1 Å². The predicted molar refractivity (Wildman–Crippen MR) is 124 cm³/mol. The molecule has 1 N–H and O–H groups in total. The molecule has 11 heteroatoms. The molecule has 32 heavy (non-hydrogen) atoms. The molecule has 2 aromatic rings. The molecule has 2 aromatic carbocycles. The Morgan fingerprint density at radius 1 is 1.12 bits per heavy atom. The topological polar surface area (TPSA) is 86.8 Å². The van der Waals surface area contributed by atoms with Crippen LogP contribution in [0.25, 0.3) is 0 Å². The summed E-state index contributed by atoms with van der Waals surface area (Å²) in [6.45, 7) is 3.01. The number of nitrogens with one attached hydrogen (secondary N) is 1. The molecule has 0 spiro atoms. The van der Waals surface area contributed by atoms with Crippen molar-refractivity contribution in [3.8, 4) is 0 Å². The Balaban J connectivity index is 2.40. The first-order valence-corrected chi connectivity index (χ1v) is 12.3. The van der Waals surface area contributed by atoms with Crippen LogP contribution >= 0.6 is 23.2 Å². The number of amides is 2. The summed E-state index contributed by atoms with van der Waals surface area (Å²) >= 11 is 12.2. The summed E-state index contributed by atoms with van der Waals surface area (Å²) in [5.41, 5.74) is 0.658. The smallest absolute Gasteiger partial charge is 0.244 e. The summed E-state index contributed by atoms with van der Waals surface area (Å²) in [6, 6.07) is 8.55. The molecule has 0 unspecified atom stereocenters. The third-order valence-corrected chi connectivity index (χ3v) is 6.40. The zero-order chi connectivity index (χ0) is 24.1. The average molecular weight is 504 g/mol. The van der Waals surface area contributed by atoms with E-state index in [-0.39, 0.29) is 12.2 Å². The van der Waals surface area contributed by atoms with Gasteiger partial charge < -0.3 is 10.2 Å². The Morgan fingerprint density at radius 2 is 1.75 bits per heavy atom. The fourth-order valence-electron chi connectivity index (χ4n) is 2.96. The van der Waals surface area contributed by atoms with E-state index in [0.29, 0.717) is 22.2 Å². The van der Waals surface area contributed by atoms with Gasteiger partial charge in [-0.3, -0.25) is 13.9 Å². The highest BCUT2D eigenvalue weighted by molar-refractivity contribution is 7.92. The second-order valence-corrected chi connectivity index (χ2v) is 9.82. The molecule has 0 aliphatic carbocycles. The van der Waals surface area contributed by atoms with E-state index < -0.39 is 40.2 Å². The van der Waals surface area contributed by atoms with Gasteiger partial charge in [0.1, 0.15) is 18.4 Å². The molecule has 0 radical (unpaired) electrons. The maximum atomic E-state index is 13.3. The summed E-state index contributed by atoms with van der Waals surface area (Å²) in [4.78, 5) is 27.0. The number of anilines is 1. The predicted octanol–water partition coefficient (Wildman–Crippen LogP) is 3.45. The van der Waals surface area contributed by atoms with Crippen LogP contribution in [0.5, 0.6) is 0 Å². The monoisotopic (exact) mass is 503 g/mol. The van der Waals surface area contributed by atoms with E-state index in [1.807, 2.05) is 0 Å². The van der Waals surface area contributed by atoms with Crippen LogP contribution < -0.4 is 9.62 Å². The number of carbonyl (C=O) groups is 2. The van der Waals surface area contributed by atoms with Gasteiger partial charge in [0.25, 0.3) is 0 Å². The van der Waals surface area contributed by atoms with E-state index in [1.54, 1.807) is 19.1 Å². The first kappa shape index (κ1) is 25.9. The van der Waals surface area contributed by atoms with Crippen molar-refractivity contribution in [3.63, 3.8) is 0 Å². The number of hydrogen-bond acceptors (Lipinski definition) is 4. The molecule has 0 aliphatic heterocycles. The highest BCUT2D eigenvalue weighted by atomic mass is 35.5. The van der Waals surface area contributed by atoms with Gasteiger partial charge in [0.2, 0.25) is 21.8 Å². The summed E-state index contributed by atoms with van der Waals surface area (Å²) < 4.78 is 38.9. The molecular formula is C21H24Cl2FN3O4S. The molecule has 0 fully saturated rings. The van der Waals surface area contributed by atoms with Crippen LogP contribution in [0.4, 0.5) is 10.1 Å². The van der Waals surface area contributed by atoms with Crippen molar-refractivity contribution in [3.05, 3.63) is 63.9 Å². The summed E-state index contributed by atoms with van der Waals surface area (Å²) in [5.74, 6) is -1.58. The van der Waals surface area contributed by atoms with E-state index in [4.69, 9.17) is 23.2 Å². The number of benzene rings is 2. The molecule has 1 atom stereocenters.